The van der Waals surface area contributed by atoms with Crippen LogP contribution in [0.1, 0.15) is 5.56 Å². The van der Waals surface area contributed by atoms with Gasteiger partial charge in [-0.1, -0.05) is 48.5 Å². The molecule has 0 atom stereocenters. The fourth-order valence-electron chi connectivity index (χ4n) is 2.50. The molecule has 24 heavy (non-hydrogen) atoms. The summed E-state index contributed by atoms with van der Waals surface area (Å²) in [6.45, 7) is 0. The molecule has 0 fully saturated rings. The quantitative estimate of drug-likeness (QED) is 0.586. The van der Waals surface area contributed by atoms with E-state index in [1.54, 1.807) is 0 Å². The second-order valence-electron chi connectivity index (χ2n) is 5.40. The van der Waals surface area contributed by atoms with Gasteiger partial charge in [0.15, 0.2) is 10.9 Å². The highest BCUT2D eigenvalue weighted by atomic mass is 32.1. The van der Waals surface area contributed by atoms with Crippen molar-refractivity contribution < 1.29 is 9.21 Å². The Morgan fingerprint density at radius 3 is 2.71 bits per heavy atom. The van der Waals surface area contributed by atoms with Crippen molar-refractivity contribution in [1.29, 1.82) is 0 Å². The predicted octanol–water partition coefficient (Wildman–Crippen LogP) is 4.74. The molecule has 118 valence electrons. The highest BCUT2D eigenvalue weighted by Gasteiger charge is 2.12. The Balaban J connectivity index is 1.49. The molecule has 2 heterocycles. The van der Waals surface area contributed by atoms with Crippen molar-refractivity contribution in [2.45, 2.75) is 6.42 Å². The number of carbonyl (C=O) groups excluding carboxylic acids is 1. The van der Waals surface area contributed by atoms with E-state index in [0.717, 1.165) is 22.2 Å². The molecule has 0 spiro atoms. The number of amides is 1. The Morgan fingerprint density at radius 1 is 1.08 bits per heavy atom. The van der Waals surface area contributed by atoms with Crippen LogP contribution in [-0.4, -0.2) is 10.9 Å². The van der Waals surface area contributed by atoms with Crippen molar-refractivity contribution >= 4 is 33.3 Å². The van der Waals surface area contributed by atoms with Gasteiger partial charge in [-0.3, -0.25) is 4.79 Å². The van der Waals surface area contributed by atoms with Crippen LogP contribution in [-0.2, 0) is 11.2 Å². The number of nitrogens with zero attached hydrogens (tertiary/aromatic N) is 1. The molecule has 0 bridgehead atoms. The number of para-hydroxylation sites is 1. The second kappa shape index (κ2) is 6.29. The van der Waals surface area contributed by atoms with Crippen LogP contribution in [0.2, 0.25) is 0 Å². The molecule has 4 aromatic rings. The monoisotopic (exact) mass is 334 g/mol. The number of nitrogens with one attached hydrogen (secondary N) is 1. The third kappa shape index (κ3) is 3.07. The van der Waals surface area contributed by atoms with Crippen molar-refractivity contribution in [2.75, 3.05) is 5.32 Å². The van der Waals surface area contributed by atoms with E-state index in [1.165, 1.54) is 11.3 Å². The van der Waals surface area contributed by atoms with E-state index in [0.29, 0.717) is 17.3 Å². The van der Waals surface area contributed by atoms with Crippen LogP contribution >= 0.6 is 11.3 Å². The number of aromatic nitrogens is 1. The lowest BCUT2D eigenvalue weighted by molar-refractivity contribution is -0.115. The number of furan rings is 1. The molecule has 0 aliphatic heterocycles. The number of thiazole rings is 1. The van der Waals surface area contributed by atoms with E-state index in [9.17, 15) is 4.79 Å². The molecule has 0 radical (unpaired) electrons. The first-order chi connectivity index (χ1) is 11.8. The number of anilines is 1. The molecule has 1 N–H and O–H groups in total. The molecule has 2 aromatic heterocycles. The number of hydrogen-bond donors (Lipinski definition) is 1. The van der Waals surface area contributed by atoms with Crippen molar-refractivity contribution in [3.05, 3.63) is 71.6 Å². The minimum atomic E-state index is -0.0771. The first kappa shape index (κ1) is 14.7. The van der Waals surface area contributed by atoms with Crippen LogP contribution in [0.3, 0.4) is 0 Å². The Kier molecular flexibility index (Phi) is 3.84. The third-order valence-corrected chi connectivity index (χ3v) is 4.39. The summed E-state index contributed by atoms with van der Waals surface area (Å²) < 4.78 is 5.80. The standard InChI is InChI=1S/C19H14N2O2S/c22-18(10-13-6-2-1-3-7-13)21-19-20-15(12-24-19)17-11-14-8-4-5-9-16(14)23-17/h1-9,11-12H,10H2,(H,20,21,22). The van der Waals surface area contributed by atoms with Crippen LogP contribution in [0.4, 0.5) is 5.13 Å². The van der Waals surface area contributed by atoms with Gasteiger partial charge in [-0.15, -0.1) is 11.3 Å². The SMILES string of the molecule is O=C(Cc1ccccc1)Nc1nc(-c2cc3ccccc3o2)cs1. The van der Waals surface area contributed by atoms with Gasteiger partial charge in [-0.25, -0.2) is 4.98 Å². The van der Waals surface area contributed by atoms with Crippen LogP contribution in [0.25, 0.3) is 22.4 Å². The van der Waals surface area contributed by atoms with Crippen molar-refractivity contribution in [3.8, 4) is 11.5 Å². The molecule has 1 amide bonds. The molecule has 0 aliphatic rings. The predicted molar refractivity (Wildman–Crippen MR) is 96.1 cm³/mol. The maximum atomic E-state index is 12.1. The first-order valence-electron chi connectivity index (χ1n) is 7.56. The second-order valence-corrected chi connectivity index (χ2v) is 6.26. The highest BCUT2D eigenvalue weighted by Crippen LogP contribution is 2.30. The van der Waals surface area contributed by atoms with Gasteiger partial charge in [-0.2, -0.15) is 0 Å². The third-order valence-electron chi connectivity index (χ3n) is 3.64. The van der Waals surface area contributed by atoms with E-state index in [4.69, 9.17) is 4.42 Å². The van der Waals surface area contributed by atoms with Gasteiger partial charge in [0.2, 0.25) is 5.91 Å². The van der Waals surface area contributed by atoms with E-state index >= 15 is 0 Å². The van der Waals surface area contributed by atoms with Crippen molar-refractivity contribution in [1.82, 2.24) is 4.98 Å². The lowest BCUT2D eigenvalue weighted by Gasteiger charge is -2.01. The molecule has 4 nitrogen and oxygen atoms in total. The molecule has 0 saturated heterocycles. The summed E-state index contributed by atoms with van der Waals surface area (Å²) in [6.07, 6.45) is 0.334. The van der Waals surface area contributed by atoms with E-state index in [-0.39, 0.29) is 5.91 Å². The van der Waals surface area contributed by atoms with Crippen LogP contribution in [0.5, 0.6) is 0 Å². The van der Waals surface area contributed by atoms with Crippen molar-refractivity contribution in [3.63, 3.8) is 0 Å². The van der Waals surface area contributed by atoms with Gasteiger partial charge < -0.3 is 9.73 Å². The van der Waals surface area contributed by atoms with Gasteiger partial charge in [0.25, 0.3) is 0 Å². The topological polar surface area (TPSA) is 55.1 Å². The van der Waals surface area contributed by atoms with Gasteiger partial charge in [0.1, 0.15) is 11.3 Å². The molecule has 0 saturated carbocycles. The summed E-state index contributed by atoms with van der Waals surface area (Å²) in [4.78, 5) is 16.6. The average Bonchev–Trinajstić information content (AvgIpc) is 3.22. The van der Waals surface area contributed by atoms with Crippen LogP contribution < -0.4 is 5.32 Å². The zero-order chi connectivity index (χ0) is 16.4. The number of benzene rings is 2. The molecule has 4 rings (SSSR count). The maximum absolute atomic E-state index is 12.1. The van der Waals surface area contributed by atoms with Crippen LogP contribution in [0, 0.1) is 0 Å². The molecule has 0 unspecified atom stereocenters. The summed E-state index contributed by atoms with van der Waals surface area (Å²) in [6, 6.07) is 19.4. The molecular weight excluding hydrogens is 320 g/mol. The zero-order valence-electron chi connectivity index (χ0n) is 12.7. The number of fused-ring (bicyclic) bond motifs is 1. The maximum Gasteiger partial charge on any atom is 0.230 e. The number of rotatable bonds is 4. The zero-order valence-corrected chi connectivity index (χ0v) is 13.5. The van der Waals surface area contributed by atoms with E-state index < -0.39 is 0 Å². The number of carbonyl (C=O) groups is 1. The van der Waals surface area contributed by atoms with Crippen molar-refractivity contribution in [2.24, 2.45) is 0 Å². The Morgan fingerprint density at radius 2 is 1.88 bits per heavy atom. The van der Waals surface area contributed by atoms with Crippen LogP contribution in [0.15, 0.2) is 70.5 Å². The minimum absolute atomic E-state index is 0.0771. The normalized spacial score (nSPS) is 10.8. The van der Waals surface area contributed by atoms with Gasteiger partial charge in [0, 0.05) is 10.8 Å². The summed E-state index contributed by atoms with van der Waals surface area (Å²) in [5, 5.41) is 6.34. The summed E-state index contributed by atoms with van der Waals surface area (Å²) in [5.74, 6) is 0.628. The fraction of sp³-hybridized carbons (Fsp3) is 0.0526. The summed E-state index contributed by atoms with van der Waals surface area (Å²) >= 11 is 1.39. The summed E-state index contributed by atoms with van der Waals surface area (Å²) in [7, 11) is 0. The average molecular weight is 334 g/mol. The Hall–Kier alpha value is -2.92. The molecule has 2 aromatic carbocycles. The Labute approximate surface area is 142 Å². The molecule has 5 heteroatoms. The summed E-state index contributed by atoms with van der Waals surface area (Å²) in [5.41, 5.74) is 2.53. The molecule has 0 aliphatic carbocycles. The van der Waals surface area contributed by atoms with E-state index in [1.807, 2.05) is 66.0 Å². The largest absolute Gasteiger partial charge is 0.454 e. The fourth-order valence-corrected chi connectivity index (χ4v) is 3.21. The number of hydrogen-bond acceptors (Lipinski definition) is 4. The highest BCUT2D eigenvalue weighted by molar-refractivity contribution is 7.14. The smallest absolute Gasteiger partial charge is 0.230 e. The Bertz CT molecular complexity index is 956. The lowest BCUT2D eigenvalue weighted by atomic mass is 10.1. The first-order valence-corrected chi connectivity index (χ1v) is 8.44. The van der Waals surface area contributed by atoms with Gasteiger partial charge in [0.05, 0.1) is 6.42 Å². The van der Waals surface area contributed by atoms with Gasteiger partial charge in [-0.05, 0) is 17.7 Å². The molecular formula is C19H14N2O2S. The minimum Gasteiger partial charge on any atom is -0.454 e. The van der Waals surface area contributed by atoms with Gasteiger partial charge >= 0.3 is 0 Å². The van der Waals surface area contributed by atoms with E-state index in [2.05, 4.69) is 10.3 Å². The lowest BCUT2D eigenvalue weighted by Crippen LogP contribution is -2.14.